The van der Waals surface area contributed by atoms with Crippen molar-refractivity contribution in [1.82, 2.24) is 0 Å². The Hall–Kier alpha value is -2.79. The summed E-state index contributed by atoms with van der Waals surface area (Å²) in [6.45, 7) is 3.30. The van der Waals surface area contributed by atoms with Crippen LogP contribution in [0.1, 0.15) is 16.7 Å². The van der Waals surface area contributed by atoms with Crippen LogP contribution in [0, 0.1) is 12.7 Å². The molecule has 0 spiro atoms. The molecule has 3 aromatic rings. The van der Waals surface area contributed by atoms with Crippen LogP contribution in [-0.2, 0) is 11.2 Å². The first-order valence-electron chi connectivity index (χ1n) is 9.26. The minimum Gasteiger partial charge on any atom is -0.496 e. The maximum Gasteiger partial charge on any atom is 0.145 e. The van der Waals surface area contributed by atoms with Gasteiger partial charge in [0, 0.05) is 22.8 Å². The van der Waals surface area contributed by atoms with E-state index >= 15 is 0 Å². The molecule has 146 valence electrons. The minimum atomic E-state index is -0.302. The zero-order valence-corrected chi connectivity index (χ0v) is 16.3. The van der Waals surface area contributed by atoms with Gasteiger partial charge in [0.15, 0.2) is 0 Å². The Kier molecular flexibility index (Phi) is 5.09. The van der Waals surface area contributed by atoms with Crippen molar-refractivity contribution in [3.63, 3.8) is 0 Å². The van der Waals surface area contributed by atoms with E-state index in [1.54, 1.807) is 20.3 Å². The number of benzene rings is 3. The standard InChI is InChI=1S/C23H23FO4/c1-14-20(10-15-4-7-17(8-5-15)28-18-12-27-13-18)23(26-3)21-11-16(24)6-9-19(21)22(14)25-2/h4-9,11,18H,10,12-13H2,1-3H3. The molecule has 1 fully saturated rings. The van der Waals surface area contributed by atoms with Crippen LogP contribution in [-0.4, -0.2) is 33.5 Å². The molecular weight excluding hydrogens is 359 g/mol. The van der Waals surface area contributed by atoms with Gasteiger partial charge in [-0.2, -0.15) is 0 Å². The Morgan fingerprint density at radius 2 is 1.68 bits per heavy atom. The maximum atomic E-state index is 13.9. The molecule has 0 amide bonds. The third kappa shape index (κ3) is 3.38. The van der Waals surface area contributed by atoms with Gasteiger partial charge in [-0.3, -0.25) is 0 Å². The number of rotatable bonds is 6. The molecule has 0 N–H and O–H groups in total. The molecule has 1 saturated heterocycles. The van der Waals surface area contributed by atoms with Gasteiger partial charge in [-0.05, 0) is 48.4 Å². The van der Waals surface area contributed by atoms with E-state index in [0.717, 1.165) is 33.6 Å². The number of fused-ring (bicyclic) bond motifs is 1. The van der Waals surface area contributed by atoms with Crippen molar-refractivity contribution in [2.45, 2.75) is 19.4 Å². The maximum absolute atomic E-state index is 13.9. The molecule has 5 heteroatoms. The fourth-order valence-corrected chi connectivity index (χ4v) is 3.65. The van der Waals surface area contributed by atoms with Crippen molar-refractivity contribution < 1.29 is 23.3 Å². The Balaban J connectivity index is 1.72. The quantitative estimate of drug-likeness (QED) is 0.621. The zero-order chi connectivity index (χ0) is 19.7. The fourth-order valence-electron chi connectivity index (χ4n) is 3.65. The smallest absolute Gasteiger partial charge is 0.145 e. The lowest BCUT2D eigenvalue weighted by atomic mass is 9.94. The number of methoxy groups -OCH3 is 2. The molecule has 0 atom stereocenters. The summed E-state index contributed by atoms with van der Waals surface area (Å²) in [4.78, 5) is 0. The Bertz CT molecular complexity index is 994. The number of hydrogen-bond acceptors (Lipinski definition) is 4. The van der Waals surface area contributed by atoms with Crippen molar-refractivity contribution in [1.29, 1.82) is 0 Å². The Labute approximate surface area is 163 Å². The van der Waals surface area contributed by atoms with Gasteiger partial charge in [0.05, 0.1) is 27.4 Å². The summed E-state index contributed by atoms with van der Waals surface area (Å²) in [5, 5.41) is 1.55. The third-order valence-electron chi connectivity index (χ3n) is 5.16. The number of ether oxygens (including phenoxy) is 4. The summed E-state index contributed by atoms with van der Waals surface area (Å²) in [6, 6.07) is 12.7. The van der Waals surface area contributed by atoms with Gasteiger partial charge in [0.25, 0.3) is 0 Å². The van der Waals surface area contributed by atoms with Crippen LogP contribution in [0.4, 0.5) is 4.39 Å². The average molecular weight is 382 g/mol. The van der Waals surface area contributed by atoms with Gasteiger partial charge in [-0.15, -0.1) is 0 Å². The first-order chi connectivity index (χ1) is 13.6. The molecule has 28 heavy (non-hydrogen) atoms. The van der Waals surface area contributed by atoms with Crippen molar-refractivity contribution in [3.8, 4) is 17.2 Å². The molecule has 4 nitrogen and oxygen atoms in total. The van der Waals surface area contributed by atoms with E-state index in [-0.39, 0.29) is 11.9 Å². The third-order valence-corrected chi connectivity index (χ3v) is 5.16. The van der Waals surface area contributed by atoms with Gasteiger partial charge in [-0.25, -0.2) is 4.39 Å². The molecule has 1 aliphatic rings. The van der Waals surface area contributed by atoms with E-state index in [0.29, 0.717) is 30.8 Å². The van der Waals surface area contributed by atoms with E-state index in [9.17, 15) is 4.39 Å². The van der Waals surface area contributed by atoms with E-state index < -0.39 is 0 Å². The van der Waals surface area contributed by atoms with E-state index in [4.69, 9.17) is 18.9 Å². The molecule has 4 rings (SSSR count). The minimum absolute atomic E-state index is 0.146. The molecular formula is C23H23FO4. The van der Waals surface area contributed by atoms with Crippen LogP contribution in [0.5, 0.6) is 17.2 Å². The summed E-state index contributed by atoms with van der Waals surface area (Å²) in [5.41, 5.74) is 3.08. The van der Waals surface area contributed by atoms with Crippen molar-refractivity contribution >= 4 is 10.8 Å². The molecule has 0 unspecified atom stereocenters. The predicted octanol–water partition coefficient (Wildman–Crippen LogP) is 4.67. The highest BCUT2D eigenvalue weighted by Crippen LogP contribution is 2.41. The van der Waals surface area contributed by atoms with Crippen molar-refractivity contribution in [3.05, 3.63) is 65.0 Å². The highest BCUT2D eigenvalue weighted by Gasteiger charge is 2.21. The average Bonchev–Trinajstić information content (AvgIpc) is 2.67. The molecule has 0 radical (unpaired) electrons. The normalized spacial score (nSPS) is 14.0. The molecule has 3 aromatic carbocycles. The molecule has 0 aromatic heterocycles. The second-order valence-corrected chi connectivity index (χ2v) is 6.96. The van der Waals surface area contributed by atoms with E-state index in [1.807, 2.05) is 31.2 Å². The lowest BCUT2D eigenvalue weighted by Crippen LogP contribution is -2.38. The second kappa shape index (κ2) is 7.68. The largest absolute Gasteiger partial charge is 0.496 e. The van der Waals surface area contributed by atoms with Gasteiger partial charge < -0.3 is 18.9 Å². The van der Waals surface area contributed by atoms with E-state index in [2.05, 4.69) is 0 Å². The van der Waals surface area contributed by atoms with Gasteiger partial charge >= 0.3 is 0 Å². The first kappa shape index (κ1) is 18.6. The van der Waals surface area contributed by atoms with Crippen LogP contribution in [0.3, 0.4) is 0 Å². The zero-order valence-electron chi connectivity index (χ0n) is 16.3. The van der Waals surface area contributed by atoms with Crippen molar-refractivity contribution in [2.24, 2.45) is 0 Å². The summed E-state index contributed by atoms with van der Waals surface area (Å²) >= 11 is 0. The number of hydrogen-bond donors (Lipinski definition) is 0. The molecule has 0 saturated carbocycles. The molecule has 1 heterocycles. The van der Waals surface area contributed by atoms with Gasteiger partial charge in [0.2, 0.25) is 0 Å². The summed E-state index contributed by atoms with van der Waals surface area (Å²) in [5.74, 6) is 1.96. The SMILES string of the molecule is COc1c(C)c(Cc2ccc(OC3COC3)cc2)c(OC)c2cc(F)ccc12. The van der Waals surface area contributed by atoms with Gasteiger partial charge in [-0.1, -0.05) is 12.1 Å². The summed E-state index contributed by atoms with van der Waals surface area (Å²) in [6.07, 6.45) is 0.790. The van der Waals surface area contributed by atoms with Crippen LogP contribution in [0.15, 0.2) is 42.5 Å². The second-order valence-electron chi connectivity index (χ2n) is 6.96. The van der Waals surface area contributed by atoms with Crippen LogP contribution < -0.4 is 14.2 Å². The Morgan fingerprint density at radius 3 is 2.29 bits per heavy atom. The lowest BCUT2D eigenvalue weighted by Gasteiger charge is -2.26. The molecule has 0 bridgehead atoms. The van der Waals surface area contributed by atoms with Gasteiger partial charge in [0.1, 0.15) is 29.2 Å². The highest BCUT2D eigenvalue weighted by molar-refractivity contribution is 5.96. The lowest BCUT2D eigenvalue weighted by molar-refractivity contribution is -0.0796. The van der Waals surface area contributed by atoms with Crippen LogP contribution in [0.2, 0.25) is 0 Å². The molecule has 1 aliphatic heterocycles. The molecule has 0 aliphatic carbocycles. The monoisotopic (exact) mass is 382 g/mol. The topological polar surface area (TPSA) is 36.9 Å². The van der Waals surface area contributed by atoms with Crippen LogP contribution >= 0.6 is 0 Å². The summed E-state index contributed by atoms with van der Waals surface area (Å²) < 4.78 is 36.2. The van der Waals surface area contributed by atoms with E-state index in [1.165, 1.54) is 12.1 Å². The number of halogens is 1. The van der Waals surface area contributed by atoms with Crippen molar-refractivity contribution in [2.75, 3.05) is 27.4 Å². The highest BCUT2D eigenvalue weighted by atomic mass is 19.1. The van der Waals surface area contributed by atoms with Crippen LogP contribution in [0.25, 0.3) is 10.8 Å². The fraction of sp³-hybridized carbons (Fsp3) is 0.304. The predicted molar refractivity (Wildman–Crippen MR) is 106 cm³/mol. The first-order valence-corrected chi connectivity index (χ1v) is 9.26. The Morgan fingerprint density at radius 1 is 0.964 bits per heavy atom. The summed E-state index contributed by atoms with van der Waals surface area (Å²) in [7, 11) is 3.25.